The highest BCUT2D eigenvalue weighted by atomic mass is 32.1. The second kappa shape index (κ2) is 7.49. The molecule has 0 saturated heterocycles. The molecule has 1 N–H and O–H groups in total. The number of halogens is 2. The van der Waals surface area contributed by atoms with Gasteiger partial charge in [-0.2, -0.15) is 0 Å². The molecule has 1 amide bonds. The molecule has 1 heterocycles. The molecule has 134 valence electrons. The minimum absolute atomic E-state index is 0.255. The number of aromatic nitrogens is 1. The number of methoxy groups -OCH3 is 2. The molecule has 2 aromatic carbocycles. The number of thiazole rings is 1. The number of nitrogens with zero attached hydrogens (tertiary/aromatic N) is 1. The Hall–Kier alpha value is -3.00. The molecule has 3 rings (SSSR count). The molecule has 26 heavy (non-hydrogen) atoms. The first kappa shape index (κ1) is 17.8. The quantitative estimate of drug-likeness (QED) is 0.719. The number of hydrogen-bond donors (Lipinski definition) is 1. The number of nitrogens with one attached hydrogen (secondary N) is 1. The van der Waals surface area contributed by atoms with Crippen molar-refractivity contribution >= 4 is 22.4 Å². The first-order valence-corrected chi connectivity index (χ1v) is 8.34. The van der Waals surface area contributed by atoms with E-state index >= 15 is 0 Å². The van der Waals surface area contributed by atoms with Crippen LogP contribution in [0.25, 0.3) is 11.3 Å². The molecule has 5 nitrogen and oxygen atoms in total. The van der Waals surface area contributed by atoms with Gasteiger partial charge in [-0.1, -0.05) is 0 Å². The maximum absolute atomic E-state index is 13.7. The third-order valence-corrected chi connectivity index (χ3v) is 4.34. The van der Waals surface area contributed by atoms with Gasteiger partial charge >= 0.3 is 0 Å². The van der Waals surface area contributed by atoms with Crippen LogP contribution >= 0.6 is 11.3 Å². The van der Waals surface area contributed by atoms with Crippen LogP contribution in [0, 0.1) is 11.6 Å². The van der Waals surface area contributed by atoms with Gasteiger partial charge in [-0.05, 0) is 30.3 Å². The van der Waals surface area contributed by atoms with E-state index in [4.69, 9.17) is 9.47 Å². The van der Waals surface area contributed by atoms with E-state index in [0.717, 1.165) is 17.7 Å². The average Bonchev–Trinajstić information content (AvgIpc) is 3.09. The van der Waals surface area contributed by atoms with E-state index in [9.17, 15) is 13.6 Å². The molecule has 0 spiro atoms. The molecule has 0 saturated carbocycles. The van der Waals surface area contributed by atoms with Crippen molar-refractivity contribution in [3.05, 3.63) is 59.0 Å². The molecule has 8 heteroatoms. The zero-order valence-electron chi connectivity index (χ0n) is 13.9. The second-order valence-electron chi connectivity index (χ2n) is 5.19. The molecule has 0 bridgehead atoms. The van der Waals surface area contributed by atoms with Crippen molar-refractivity contribution in [1.82, 2.24) is 4.98 Å². The van der Waals surface area contributed by atoms with Gasteiger partial charge in [-0.15, -0.1) is 11.3 Å². The smallest absolute Gasteiger partial charge is 0.260 e. The van der Waals surface area contributed by atoms with Gasteiger partial charge in [0.15, 0.2) is 16.6 Å². The molecule has 0 radical (unpaired) electrons. The van der Waals surface area contributed by atoms with Gasteiger partial charge in [0.05, 0.1) is 25.5 Å². The van der Waals surface area contributed by atoms with Gasteiger partial charge in [-0.25, -0.2) is 13.8 Å². The van der Waals surface area contributed by atoms with Gasteiger partial charge in [0.2, 0.25) is 0 Å². The molecular weight excluding hydrogens is 362 g/mol. The van der Waals surface area contributed by atoms with Gasteiger partial charge < -0.3 is 9.47 Å². The van der Waals surface area contributed by atoms with Crippen LogP contribution < -0.4 is 14.8 Å². The van der Waals surface area contributed by atoms with E-state index in [1.807, 2.05) is 6.07 Å². The van der Waals surface area contributed by atoms with Crippen LogP contribution in [0.5, 0.6) is 11.5 Å². The first-order valence-electron chi connectivity index (χ1n) is 7.46. The highest BCUT2D eigenvalue weighted by molar-refractivity contribution is 7.14. The van der Waals surface area contributed by atoms with Crippen LogP contribution in [0.3, 0.4) is 0 Å². The van der Waals surface area contributed by atoms with Gasteiger partial charge in [0.25, 0.3) is 5.91 Å². The summed E-state index contributed by atoms with van der Waals surface area (Å²) in [5, 5.41) is 4.55. The minimum atomic E-state index is -0.931. The van der Waals surface area contributed by atoms with Crippen LogP contribution in [0.2, 0.25) is 0 Å². The first-order chi connectivity index (χ1) is 12.5. The van der Waals surface area contributed by atoms with Crippen LogP contribution in [0.1, 0.15) is 10.4 Å². The summed E-state index contributed by atoms with van der Waals surface area (Å²) in [5.41, 5.74) is 1.13. The number of ether oxygens (including phenoxy) is 2. The SMILES string of the molecule is COc1ccc(-c2csc(NC(=O)c3ccc(F)cc3F)n2)cc1OC. The molecule has 0 fully saturated rings. The summed E-state index contributed by atoms with van der Waals surface area (Å²) in [4.78, 5) is 16.5. The number of hydrogen-bond acceptors (Lipinski definition) is 5. The predicted octanol–water partition coefficient (Wildman–Crippen LogP) is 4.36. The van der Waals surface area contributed by atoms with E-state index in [0.29, 0.717) is 28.4 Å². The number of anilines is 1. The molecule has 0 atom stereocenters. The molecule has 0 aliphatic carbocycles. The Kier molecular flexibility index (Phi) is 5.13. The van der Waals surface area contributed by atoms with E-state index in [-0.39, 0.29) is 5.56 Å². The van der Waals surface area contributed by atoms with E-state index in [1.165, 1.54) is 18.4 Å². The molecule has 0 aliphatic heterocycles. The van der Waals surface area contributed by atoms with E-state index in [2.05, 4.69) is 10.3 Å². The minimum Gasteiger partial charge on any atom is -0.493 e. The molecule has 0 aliphatic rings. The summed E-state index contributed by atoms with van der Waals surface area (Å²) in [5.74, 6) is -1.23. The van der Waals surface area contributed by atoms with Crippen molar-refractivity contribution in [2.45, 2.75) is 0 Å². The summed E-state index contributed by atoms with van der Waals surface area (Å²) in [7, 11) is 3.08. The Labute approximate surface area is 152 Å². The number of carbonyl (C=O) groups is 1. The maximum atomic E-state index is 13.7. The highest BCUT2D eigenvalue weighted by Crippen LogP contribution is 2.33. The summed E-state index contributed by atoms with van der Waals surface area (Å²) < 4.78 is 37.1. The third-order valence-electron chi connectivity index (χ3n) is 3.58. The third kappa shape index (κ3) is 3.65. The Morgan fingerprint density at radius 3 is 2.54 bits per heavy atom. The average molecular weight is 376 g/mol. The molecule has 3 aromatic rings. The Balaban J connectivity index is 1.81. The molecule has 0 unspecified atom stereocenters. The van der Waals surface area contributed by atoms with Gasteiger partial charge in [0, 0.05) is 17.0 Å². The lowest BCUT2D eigenvalue weighted by Gasteiger charge is -2.08. The second-order valence-corrected chi connectivity index (χ2v) is 6.04. The Morgan fingerprint density at radius 2 is 1.85 bits per heavy atom. The normalized spacial score (nSPS) is 10.5. The van der Waals surface area contributed by atoms with Crippen LogP contribution in [0.15, 0.2) is 41.8 Å². The van der Waals surface area contributed by atoms with Crippen molar-refractivity contribution in [3.8, 4) is 22.8 Å². The number of rotatable bonds is 5. The lowest BCUT2D eigenvalue weighted by molar-refractivity contribution is 0.102. The zero-order chi connectivity index (χ0) is 18.7. The van der Waals surface area contributed by atoms with Crippen LogP contribution in [-0.2, 0) is 0 Å². The number of carbonyl (C=O) groups excluding carboxylic acids is 1. The Morgan fingerprint density at radius 1 is 1.08 bits per heavy atom. The molecular formula is C18H14F2N2O3S. The summed E-state index contributed by atoms with van der Waals surface area (Å²) in [6.07, 6.45) is 0. The zero-order valence-corrected chi connectivity index (χ0v) is 14.7. The van der Waals surface area contributed by atoms with Crippen molar-refractivity contribution in [2.75, 3.05) is 19.5 Å². The maximum Gasteiger partial charge on any atom is 0.260 e. The standard InChI is InChI=1S/C18H14F2N2O3S/c1-24-15-6-3-10(7-16(15)25-2)14-9-26-18(21-14)22-17(23)12-5-4-11(19)8-13(12)20/h3-9H,1-2H3,(H,21,22,23). The van der Waals surface area contributed by atoms with E-state index < -0.39 is 17.5 Å². The van der Waals surface area contributed by atoms with Crippen molar-refractivity contribution < 1.29 is 23.0 Å². The van der Waals surface area contributed by atoms with E-state index in [1.54, 1.807) is 24.6 Å². The largest absolute Gasteiger partial charge is 0.493 e. The fraction of sp³-hybridized carbons (Fsp3) is 0.111. The van der Waals surface area contributed by atoms with Crippen LogP contribution in [0.4, 0.5) is 13.9 Å². The van der Waals surface area contributed by atoms with Crippen molar-refractivity contribution in [2.24, 2.45) is 0 Å². The topological polar surface area (TPSA) is 60.5 Å². The summed E-state index contributed by atoms with van der Waals surface area (Å²) in [6, 6.07) is 8.09. The fourth-order valence-corrected chi connectivity index (χ4v) is 3.01. The highest BCUT2D eigenvalue weighted by Gasteiger charge is 2.15. The lowest BCUT2D eigenvalue weighted by Crippen LogP contribution is -2.13. The number of benzene rings is 2. The summed E-state index contributed by atoms with van der Waals surface area (Å²) in [6.45, 7) is 0. The van der Waals surface area contributed by atoms with Crippen LogP contribution in [-0.4, -0.2) is 25.1 Å². The van der Waals surface area contributed by atoms with Crippen molar-refractivity contribution in [3.63, 3.8) is 0 Å². The summed E-state index contributed by atoms with van der Waals surface area (Å²) >= 11 is 1.19. The Bertz CT molecular complexity index is 959. The fourth-order valence-electron chi connectivity index (χ4n) is 2.30. The van der Waals surface area contributed by atoms with Gasteiger partial charge in [0.1, 0.15) is 11.6 Å². The van der Waals surface area contributed by atoms with Crippen molar-refractivity contribution in [1.29, 1.82) is 0 Å². The molecule has 1 aromatic heterocycles. The predicted molar refractivity (Wildman–Crippen MR) is 95.0 cm³/mol. The number of amides is 1. The lowest BCUT2D eigenvalue weighted by atomic mass is 10.1. The monoisotopic (exact) mass is 376 g/mol. The van der Waals surface area contributed by atoms with Gasteiger partial charge in [-0.3, -0.25) is 10.1 Å².